The summed E-state index contributed by atoms with van der Waals surface area (Å²) in [4.78, 5) is 199. The van der Waals surface area contributed by atoms with Crippen molar-refractivity contribution in [3.8, 4) is 0 Å². The number of nitrogens with zero attached hydrogens (tertiary/aromatic N) is 4. The fourth-order valence-electron chi connectivity index (χ4n) is 16.1. The van der Waals surface area contributed by atoms with E-state index in [9.17, 15) is 76.9 Å². The topological polar surface area (TPSA) is 530 Å². The van der Waals surface area contributed by atoms with Crippen LogP contribution in [-0.2, 0) is 95.9 Å². The first-order valence-electron chi connectivity index (χ1n) is 48.3. The number of carboxylic acid groups (broad SMARTS) is 2. The number of hydrogen-bond acceptors (Lipinski definition) is 24. The molecule has 38 nitrogen and oxygen atoms in total. The lowest BCUT2D eigenvalue weighted by molar-refractivity contribution is -0.147. The first-order valence-corrected chi connectivity index (χ1v) is 49.2. The normalized spacial score (nSPS) is 15.2. The number of nitrogens with one attached hydrogen (secondary N) is 10. The van der Waals surface area contributed by atoms with Crippen LogP contribution in [0.5, 0.6) is 0 Å². The first-order chi connectivity index (χ1) is 66.9. The number of anilines is 3. The van der Waals surface area contributed by atoms with Gasteiger partial charge in [-0.05, 0) is 173 Å². The number of likely N-dealkylation sites (N-methyl/N-ethyl adjacent to an activating group) is 1. The summed E-state index contributed by atoms with van der Waals surface area (Å²) in [7, 11) is 1.90. The minimum atomic E-state index is -1.41. The average Bonchev–Trinajstić information content (AvgIpc) is 1.65. The van der Waals surface area contributed by atoms with Gasteiger partial charge in [-0.25, -0.2) is 23.8 Å². The smallest absolute Gasteiger partial charge is 0.407 e. The number of carbonyl (C=O) groups excluding carboxylic acids is 12. The van der Waals surface area contributed by atoms with Crippen molar-refractivity contribution >= 4 is 123 Å². The van der Waals surface area contributed by atoms with Gasteiger partial charge in [-0.15, -0.1) is 11.3 Å². The molecular formula is C100H145FN16O22S. The Balaban J connectivity index is 0.871. The number of hydrogen-bond donors (Lipinski definition) is 14. The van der Waals surface area contributed by atoms with Crippen LogP contribution in [-0.4, -0.2) is 250 Å². The third-order valence-electron chi connectivity index (χ3n) is 24.3. The van der Waals surface area contributed by atoms with E-state index in [0.717, 1.165) is 77.9 Å². The maximum Gasteiger partial charge on any atom is 0.407 e. The molecule has 7 rings (SSSR count). The van der Waals surface area contributed by atoms with Crippen LogP contribution in [0.25, 0.3) is 11.6 Å². The van der Waals surface area contributed by atoms with E-state index in [4.69, 9.17) is 44.9 Å². The molecule has 0 radical (unpaired) electrons. The summed E-state index contributed by atoms with van der Waals surface area (Å²) in [5, 5.41) is 48.5. The molecule has 140 heavy (non-hydrogen) atoms. The molecule has 1 saturated heterocycles. The Morgan fingerprint density at radius 3 is 1.97 bits per heavy atom. The van der Waals surface area contributed by atoms with Crippen LogP contribution in [0.2, 0.25) is 0 Å². The number of ether oxygens (including phenoxy) is 6. The standard InChI is InChI=1S/C100H145FN16O22S/c1-12-14-15-21-46-116(95(128)88(65(7)13-2)114-92(126)80-29-20-22-45-115(80)11)81(63(3)4)58-82(94-112-78(62-140-94)91(125)109-72(59-100(9,10)96(129)130)56-68-32-35-75(102)74(101)57-68)139-99(133)107-43-42-106-98(132)138-61-67-30-33-71(34-31-67)108-89(123)76(27-23-41-105-97(103)131)111-93(127)87(64(5)6)113-90(124)77(36-39-86(121)122)110-84(119)40-47-134-49-51-136-53-54-137-52-50-135-48-44-104-83(118)37-38-85(120)117-60-70-25-16-18-26-73(70)66(8)55-69-24-17-19-28-79(69)117/h16-19,24-26,28,30-35,55,57,62-65,72,76-77,80-82,87-88H,12-15,20-23,27,29,36-54,56,58-61,102H2,1-11H3,(H,104,118)(H,106,132)(H,107,133)(H,108,123)(H,109,125)(H,110,119)(H,111,127)(H,113,124)(H,114,126)(H,121,122)(H,129,130)(H3,103,105,131)/b66-55-/t65-,72-,76-,77-,80+,81+,82+,87-,88-/m0/s1. The number of amides is 13. The van der Waals surface area contributed by atoms with Crippen LogP contribution < -0.4 is 69.5 Å². The van der Waals surface area contributed by atoms with Crippen LogP contribution >= 0.6 is 11.3 Å². The van der Waals surface area contributed by atoms with E-state index in [1.54, 1.807) is 41.8 Å². The zero-order valence-corrected chi connectivity index (χ0v) is 83.3. The lowest BCUT2D eigenvalue weighted by Crippen LogP contribution is -2.59. The highest BCUT2D eigenvalue weighted by Crippen LogP contribution is 2.36. The van der Waals surface area contributed by atoms with Gasteiger partial charge in [0.05, 0.1) is 82.2 Å². The molecule has 0 saturated carbocycles. The molecule has 13 amide bonds. The van der Waals surface area contributed by atoms with Gasteiger partial charge in [-0.3, -0.25) is 57.6 Å². The number of halogens is 1. The SMILES string of the molecule is CCCCCCN(C(=O)[C@@H](NC(=O)[C@H]1CCCCN1C)[C@@H](C)CC)[C@H](C[C@@H](OC(=O)NCCNC(=O)OCc1ccc(NC(=O)[C@H](CCCNC(N)=O)NC(=O)[C@@H](NC(=O)[C@H](CCC(=O)O)NC(=O)CCOCCOCCOCCOCCNC(=O)CCC(=O)N2Cc3ccccc3/C(C)=C\c3ccccc32)C(C)C)cc1)c1nc(C(=O)N[C@@H](Cc2ccc(N)c(F)c2)CC(C)(C)C(=O)O)cs1)C(C)C. The highest BCUT2D eigenvalue weighted by molar-refractivity contribution is 7.09. The molecule has 40 heteroatoms. The monoisotopic (exact) mass is 1970 g/mol. The molecule has 3 heterocycles. The fourth-order valence-corrected chi connectivity index (χ4v) is 16.9. The van der Waals surface area contributed by atoms with Crippen molar-refractivity contribution in [1.29, 1.82) is 0 Å². The molecule has 770 valence electrons. The maximum atomic E-state index is 15.4. The fraction of sp³-hybridized carbons (Fsp3) is 0.570. The molecule has 0 bridgehead atoms. The van der Waals surface area contributed by atoms with Crippen LogP contribution in [0.1, 0.15) is 228 Å². The maximum absolute atomic E-state index is 15.4. The van der Waals surface area contributed by atoms with Crippen molar-refractivity contribution < 1.29 is 110 Å². The molecule has 1 fully saturated rings. The molecule has 16 N–H and O–H groups in total. The lowest BCUT2D eigenvalue weighted by Gasteiger charge is -2.40. The molecule has 5 aromatic rings. The second kappa shape index (κ2) is 60.0. The molecule has 2 aliphatic heterocycles. The summed E-state index contributed by atoms with van der Waals surface area (Å²) in [5.41, 5.74) is 15.6. The number of unbranched alkanes of at least 4 members (excludes halogenated alkanes) is 3. The van der Waals surface area contributed by atoms with Crippen molar-refractivity contribution in [3.63, 3.8) is 0 Å². The number of carboxylic acids is 2. The Labute approximate surface area is 823 Å². The quantitative estimate of drug-likeness (QED) is 0.0127. The summed E-state index contributed by atoms with van der Waals surface area (Å²) in [6.07, 6.45) is 4.25. The number of piperidine rings is 1. The second-order valence-electron chi connectivity index (χ2n) is 36.6. The zero-order chi connectivity index (χ0) is 102. The van der Waals surface area contributed by atoms with Gasteiger partial charge in [0.2, 0.25) is 47.3 Å². The number of aromatic nitrogens is 1. The highest BCUT2D eigenvalue weighted by Gasteiger charge is 2.41. The Morgan fingerprint density at radius 2 is 1.31 bits per heavy atom. The van der Waals surface area contributed by atoms with Gasteiger partial charge in [-0.1, -0.05) is 141 Å². The van der Waals surface area contributed by atoms with Crippen molar-refractivity contribution in [2.24, 2.45) is 28.9 Å². The van der Waals surface area contributed by atoms with E-state index >= 15 is 4.79 Å². The Bertz CT molecular complexity index is 4920. The van der Waals surface area contributed by atoms with E-state index in [-0.39, 0.29) is 201 Å². The Kier molecular flexibility index (Phi) is 49.2. The van der Waals surface area contributed by atoms with Crippen LogP contribution in [0.3, 0.4) is 0 Å². The molecule has 9 atom stereocenters. The van der Waals surface area contributed by atoms with E-state index in [2.05, 4.69) is 73.1 Å². The Morgan fingerprint density at radius 1 is 0.650 bits per heavy atom. The van der Waals surface area contributed by atoms with Crippen molar-refractivity contribution in [2.45, 2.75) is 246 Å². The van der Waals surface area contributed by atoms with E-state index in [1.165, 1.54) is 43.5 Å². The highest BCUT2D eigenvalue weighted by atomic mass is 32.1. The Hall–Kier alpha value is -12.2. The van der Waals surface area contributed by atoms with Crippen molar-refractivity contribution in [2.75, 3.05) is 115 Å². The molecular weight excluding hydrogens is 1830 g/mol. The van der Waals surface area contributed by atoms with Gasteiger partial charge >= 0.3 is 30.2 Å². The number of carbonyl (C=O) groups is 14. The third-order valence-corrected chi connectivity index (χ3v) is 25.2. The number of benzene rings is 4. The number of likely N-dealkylation sites (tertiary alicyclic amines) is 1. The number of urea groups is 1. The number of aliphatic carboxylic acids is 2. The number of allylic oxidation sites excluding steroid dienone is 1. The van der Waals surface area contributed by atoms with E-state index in [0.29, 0.717) is 43.5 Å². The molecule has 0 aliphatic carbocycles. The number of alkyl carbamates (subject to hydrolysis) is 2. The number of primary amides is 1. The summed E-state index contributed by atoms with van der Waals surface area (Å²) in [6, 6.07) is 18.3. The van der Waals surface area contributed by atoms with Gasteiger partial charge in [0.15, 0.2) is 6.10 Å². The van der Waals surface area contributed by atoms with Gasteiger partial charge in [0, 0.05) is 88.0 Å². The van der Waals surface area contributed by atoms with Gasteiger partial charge in [-0.2, -0.15) is 0 Å². The molecule has 1 aromatic heterocycles. The summed E-state index contributed by atoms with van der Waals surface area (Å²) in [5.74, 6) is -8.97. The molecule has 2 aliphatic rings. The number of nitrogens with two attached hydrogens (primary N) is 2. The number of nitrogen functional groups attached to an aromatic ring is 1. The minimum absolute atomic E-state index is 0.0151. The lowest BCUT2D eigenvalue weighted by atomic mass is 9.84. The third kappa shape index (κ3) is 39.4. The number of fused-ring (bicyclic) bond motifs is 2. The number of rotatable bonds is 61. The van der Waals surface area contributed by atoms with E-state index < -0.39 is 132 Å². The van der Waals surface area contributed by atoms with Gasteiger partial charge < -0.3 is 113 Å². The predicted octanol–water partition coefficient (Wildman–Crippen LogP) is 10.1. The van der Waals surface area contributed by atoms with Gasteiger partial charge in [0.25, 0.3) is 5.91 Å². The predicted molar refractivity (Wildman–Crippen MR) is 527 cm³/mol. The zero-order valence-electron chi connectivity index (χ0n) is 82.5. The summed E-state index contributed by atoms with van der Waals surface area (Å²) < 4.78 is 48.8. The summed E-state index contributed by atoms with van der Waals surface area (Å²) >= 11 is 1.01. The first kappa shape index (κ1) is 115. The number of thiazole rings is 1. The van der Waals surface area contributed by atoms with Crippen molar-refractivity contribution in [1.82, 2.24) is 62.6 Å². The second-order valence-corrected chi connectivity index (χ2v) is 37.4. The molecule has 0 spiro atoms. The van der Waals surface area contributed by atoms with Crippen LogP contribution in [0, 0.1) is 29.0 Å². The molecule has 0 unspecified atom stereocenters. The average molecular weight is 1970 g/mol. The van der Waals surface area contributed by atoms with Crippen LogP contribution in [0.4, 0.5) is 35.8 Å². The summed E-state index contributed by atoms with van der Waals surface area (Å²) in [6.45, 7) is 20.6. The van der Waals surface area contributed by atoms with Crippen LogP contribution in [0.15, 0.2) is 96.4 Å². The van der Waals surface area contributed by atoms with Crippen molar-refractivity contribution in [3.05, 3.63) is 141 Å². The molecule has 4 aromatic carbocycles. The number of para-hydroxylation sites is 1. The van der Waals surface area contributed by atoms with Gasteiger partial charge in [0.1, 0.15) is 47.3 Å². The minimum Gasteiger partial charge on any atom is -0.481 e. The van der Waals surface area contributed by atoms with E-state index in [1.807, 2.05) is 88.2 Å². The largest absolute Gasteiger partial charge is 0.481 e.